The zero-order valence-electron chi connectivity index (χ0n) is 26.0. The number of nitrogens with zero attached hydrogens (tertiary/aromatic N) is 2. The van der Waals surface area contributed by atoms with Crippen molar-refractivity contribution < 1.29 is 0 Å². The molecule has 1 spiro atoms. The lowest BCUT2D eigenvalue weighted by atomic mass is 9.67. The number of hydrogen-bond acceptors (Lipinski definition) is 3. The second kappa shape index (κ2) is 10.3. The Morgan fingerprint density at radius 2 is 1.17 bits per heavy atom. The van der Waals surface area contributed by atoms with E-state index in [2.05, 4.69) is 156 Å². The number of hydrogen-bond donors (Lipinski definition) is 1. The summed E-state index contributed by atoms with van der Waals surface area (Å²) < 4.78 is 2.25. The van der Waals surface area contributed by atoms with Gasteiger partial charge in [-0.3, -0.25) is 4.57 Å². The number of nitrogen functional groups attached to an aromatic ring is 1. The van der Waals surface area contributed by atoms with Crippen LogP contribution in [0.1, 0.15) is 22.3 Å². The van der Waals surface area contributed by atoms with Gasteiger partial charge in [0, 0.05) is 26.7 Å². The van der Waals surface area contributed by atoms with E-state index in [0.29, 0.717) is 0 Å². The Morgan fingerprint density at radius 1 is 0.500 bits per heavy atom. The highest BCUT2D eigenvalue weighted by molar-refractivity contribution is 7.99. The molecule has 226 valence electrons. The van der Waals surface area contributed by atoms with Crippen LogP contribution < -0.4 is 5.73 Å². The molecule has 1 atom stereocenters. The molecule has 10 rings (SSSR count). The predicted octanol–water partition coefficient (Wildman–Crippen LogP) is 10.8. The van der Waals surface area contributed by atoms with Crippen LogP contribution >= 0.6 is 11.8 Å². The number of aromatic nitrogens is 2. The number of fused-ring (bicyclic) bond motifs is 10. The number of benzene rings is 7. The molecule has 2 heterocycles. The first-order valence-electron chi connectivity index (χ1n) is 16.3. The number of imidazole rings is 1. The van der Waals surface area contributed by atoms with Crippen molar-refractivity contribution >= 4 is 28.5 Å². The molecule has 7 aromatic carbocycles. The smallest absolute Gasteiger partial charge is 0.145 e. The fraction of sp³-hybridized carbons (Fsp3) is 0.0227. The van der Waals surface area contributed by atoms with Crippen LogP contribution in [-0.4, -0.2) is 9.55 Å². The van der Waals surface area contributed by atoms with Crippen molar-refractivity contribution in [1.82, 2.24) is 9.55 Å². The molecule has 1 aliphatic heterocycles. The molecule has 0 amide bonds. The largest absolute Gasteiger partial charge is 0.399 e. The van der Waals surface area contributed by atoms with Crippen LogP contribution in [0.3, 0.4) is 0 Å². The van der Waals surface area contributed by atoms with E-state index in [1.165, 1.54) is 54.3 Å². The summed E-state index contributed by atoms with van der Waals surface area (Å²) in [4.78, 5) is 7.63. The third-order valence-corrected chi connectivity index (χ3v) is 11.2. The van der Waals surface area contributed by atoms with Gasteiger partial charge < -0.3 is 5.73 Å². The standard InChI is InChI=1S/C44H29N3S/c45-31-23-25-42-38(27-31)44(36-14-6-9-17-41(36)48-42)35-13-5-4-12-33(35)34-24-22-30(26-37(34)44)28-18-20-29(21-19-28)43-46-39-15-7-8-16-40(39)47(43)32-10-2-1-3-11-32/h1-27H,45H2. The van der Waals surface area contributed by atoms with E-state index in [1.54, 1.807) is 0 Å². The lowest BCUT2D eigenvalue weighted by Crippen LogP contribution is -2.32. The van der Waals surface area contributed by atoms with Crippen LogP contribution in [0.4, 0.5) is 5.69 Å². The van der Waals surface area contributed by atoms with Crippen molar-refractivity contribution in [2.75, 3.05) is 5.73 Å². The van der Waals surface area contributed by atoms with Gasteiger partial charge in [0.15, 0.2) is 0 Å². The normalized spacial score (nSPS) is 15.6. The van der Waals surface area contributed by atoms with Crippen LogP contribution in [0, 0.1) is 0 Å². The number of para-hydroxylation sites is 3. The quantitative estimate of drug-likeness (QED) is 0.197. The lowest BCUT2D eigenvalue weighted by Gasteiger charge is -2.40. The lowest BCUT2D eigenvalue weighted by molar-refractivity contribution is 0.723. The topological polar surface area (TPSA) is 43.8 Å². The molecule has 0 bridgehead atoms. The Kier molecular flexibility index (Phi) is 5.87. The maximum Gasteiger partial charge on any atom is 0.145 e. The number of nitrogens with two attached hydrogens (primary N) is 1. The fourth-order valence-corrected chi connectivity index (χ4v) is 9.14. The summed E-state index contributed by atoms with van der Waals surface area (Å²) in [5.74, 6) is 0.933. The highest BCUT2D eigenvalue weighted by Gasteiger charge is 2.50. The molecule has 1 aliphatic carbocycles. The monoisotopic (exact) mass is 631 g/mol. The van der Waals surface area contributed by atoms with Crippen molar-refractivity contribution in [2.45, 2.75) is 15.2 Å². The van der Waals surface area contributed by atoms with E-state index in [0.717, 1.165) is 33.8 Å². The Morgan fingerprint density at radius 3 is 2.04 bits per heavy atom. The van der Waals surface area contributed by atoms with Crippen LogP contribution in [0.2, 0.25) is 0 Å². The second-order valence-electron chi connectivity index (χ2n) is 12.6. The van der Waals surface area contributed by atoms with E-state index < -0.39 is 5.41 Å². The van der Waals surface area contributed by atoms with Gasteiger partial charge in [-0.2, -0.15) is 0 Å². The summed E-state index contributed by atoms with van der Waals surface area (Å²) in [5, 5.41) is 0. The van der Waals surface area contributed by atoms with Gasteiger partial charge >= 0.3 is 0 Å². The summed E-state index contributed by atoms with van der Waals surface area (Å²) >= 11 is 1.84. The van der Waals surface area contributed by atoms with E-state index >= 15 is 0 Å². The predicted molar refractivity (Wildman–Crippen MR) is 198 cm³/mol. The Balaban J connectivity index is 1.15. The van der Waals surface area contributed by atoms with E-state index in [9.17, 15) is 0 Å². The SMILES string of the molecule is Nc1ccc2c(c1)C1(c3ccccc3S2)c2ccccc2-c2ccc(-c3ccc(-c4nc5ccccc5n4-c4ccccc4)cc3)cc21. The molecule has 0 fully saturated rings. The summed E-state index contributed by atoms with van der Waals surface area (Å²) in [7, 11) is 0. The van der Waals surface area contributed by atoms with Crippen molar-refractivity contribution in [1.29, 1.82) is 0 Å². The van der Waals surface area contributed by atoms with Crippen molar-refractivity contribution in [2.24, 2.45) is 0 Å². The van der Waals surface area contributed by atoms with Crippen LogP contribution in [-0.2, 0) is 5.41 Å². The Labute approximate surface area is 283 Å². The van der Waals surface area contributed by atoms with Gasteiger partial charge in [0.1, 0.15) is 5.82 Å². The minimum Gasteiger partial charge on any atom is -0.399 e. The first-order chi connectivity index (χ1) is 23.7. The van der Waals surface area contributed by atoms with Crippen molar-refractivity contribution in [3.8, 4) is 39.3 Å². The minimum atomic E-state index is -0.463. The van der Waals surface area contributed by atoms with Gasteiger partial charge in [-0.1, -0.05) is 121 Å². The molecular weight excluding hydrogens is 603 g/mol. The zero-order valence-corrected chi connectivity index (χ0v) is 26.8. The molecule has 4 heteroatoms. The molecule has 1 unspecified atom stereocenters. The molecule has 8 aromatic rings. The third kappa shape index (κ3) is 3.81. The summed E-state index contributed by atoms with van der Waals surface area (Å²) in [6.07, 6.45) is 0. The minimum absolute atomic E-state index is 0.463. The summed E-state index contributed by atoms with van der Waals surface area (Å²) in [6, 6.07) is 58.9. The van der Waals surface area contributed by atoms with Gasteiger partial charge in [-0.05, 0) is 99.1 Å². The molecule has 0 saturated carbocycles. The van der Waals surface area contributed by atoms with Gasteiger partial charge in [0.05, 0.1) is 16.4 Å². The molecule has 0 radical (unpaired) electrons. The van der Waals surface area contributed by atoms with Gasteiger partial charge in [0.2, 0.25) is 0 Å². The number of anilines is 1. The highest BCUT2D eigenvalue weighted by Crippen LogP contribution is 2.62. The molecule has 0 saturated heterocycles. The molecule has 1 aromatic heterocycles. The average Bonchev–Trinajstić information content (AvgIpc) is 3.67. The van der Waals surface area contributed by atoms with Gasteiger partial charge in [-0.15, -0.1) is 0 Å². The van der Waals surface area contributed by atoms with E-state index in [4.69, 9.17) is 10.7 Å². The number of rotatable bonds is 3. The fourth-order valence-electron chi connectivity index (χ4n) is 7.97. The van der Waals surface area contributed by atoms with Crippen molar-refractivity contribution in [3.63, 3.8) is 0 Å². The highest BCUT2D eigenvalue weighted by atomic mass is 32.2. The molecule has 2 N–H and O–H groups in total. The van der Waals surface area contributed by atoms with Gasteiger partial charge in [-0.25, -0.2) is 4.98 Å². The van der Waals surface area contributed by atoms with Gasteiger partial charge in [0.25, 0.3) is 0 Å². The Hall–Kier alpha value is -5.84. The van der Waals surface area contributed by atoms with E-state index in [-0.39, 0.29) is 0 Å². The summed E-state index contributed by atoms with van der Waals surface area (Å²) in [5.41, 5.74) is 21.2. The third-order valence-electron chi connectivity index (χ3n) is 10.0. The maximum absolute atomic E-state index is 6.53. The first-order valence-corrected chi connectivity index (χ1v) is 17.1. The average molecular weight is 632 g/mol. The molecule has 3 nitrogen and oxygen atoms in total. The first kappa shape index (κ1) is 27.3. The van der Waals surface area contributed by atoms with E-state index in [1.807, 2.05) is 23.9 Å². The van der Waals surface area contributed by atoms with Crippen LogP contribution in [0.25, 0.3) is 50.4 Å². The molecule has 2 aliphatic rings. The second-order valence-corrected chi connectivity index (χ2v) is 13.7. The van der Waals surface area contributed by atoms with Crippen molar-refractivity contribution in [3.05, 3.63) is 186 Å². The molecular formula is C44H29N3S. The van der Waals surface area contributed by atoms with Crippen LogP contribution in [0.15, 0.2) is 174 Å². The summed E-state index contributed by atoms with van der Waals surface area (Å²) in [6.45, 7) is 0. The maximum atomic E-state index is 6.53. The van der Waals surface area contributed by atoms with Crippen LogP contribution in [0.5, 0.6) is 0 Å². The zero-order chi connectivity index (χ0) is 31.8. The Bertz CT molecular complexity index is 2550. The molecule has 48 heavy (non-hydrogen) atoms.